The van der Waals surface area contributed by atoms with Gasteiger partial charge in [-0.25, -0.2) is 12.7 Å². The van der Waals surface area contributed by atoms with Crippen molar-refractivity contribution in [2.45, 2.75) is 19.4 Å². The third kappa shape index (κ3) is 4.00. The summed E-state index contributed by atoms with van der Waals surface area (Å²) in [5.74, 6) is 0.0302. The maximum absolute atomic E-state index is 12.1. The Bertz CT molecular complexity index is 792. The fraction of sp³-hybridized carbons (Fsp3) is 0.500. The molecule has 0 N–H and O–H groups in total. The van der Waals surface area contributed by atoms with Crippen LogP contribution < -0.4 is 0 Å². The van der Waals surface area contributed by atoms with E-state index in [1.54, 1.807) is 0 Å². The van der Waals surface area contributed by atoms with Crippen LogP contribution >= 0.6 is 11.3 Å². The van der Waals surface area contributed by atoms with Gasteiger partial charge in [0.1, 0.15) is 0 Å². The molecule has 0 atom stereocenters. The van der Waals surface area contributed by atoms with E-state index in [-0.39, 0.29) is 24.4 Å². The molecule has 0 spiro atoms. The van der Waals surface area contributed by atoms with Crippen LogP contribution in [0.25, 0.3) is 11.4 Å². The molecule has 1 saturated heterocycles. The Morgan fingerprint density at radius 2 is 2.21 bits per heavy atom. The SMILES string of the molecule is CS(=O)(=O)N1CCC(C(=O)OCc2nc(-c3ccsc3)no2)CC1. The Morgan fingerprint density at radius 1 is 1.46 bits per heavy atom. The van der Waals surface area contributed by atoms with Crippen LogP contribution in [0.1, 0.15) is 18.7 Å². The highest BCUT2D eigenvalue weighted by Gasteiger charge is 2.30. The molecular weight excluding hydrogens is 354 g/mol. The van der Waals surface area contributed by atoms with Crippen molar-refractivity contribution in [3.05, 3.63) is 22.7 Å². The van der Waals surface area contributed by atoms with Gasteiger partial charge in [-0.05, 0) is 24.3 Å². The summed E-state index contributed by atoms with van der Waals surface area (Å²) < 4.78 is 34.6. The molecule has 0 aliphatic carbocycles. The number of ether oxygens (including phenoxy) is 1. The van der Waals surface area contributed by atoms with E-state index in [1.165, 1.54) is 21.9 Å². The summed E-state index contributed by atoms with van der Waals surface area (Å²) in [7, 11) is -3.20. The van der Waals surface area contributed by atoms with Crippen molar-refractivity contribution in [3.63, 3.8) is 0 Å². The topological polar surface area (TPSA) is 103 Å². The largest absolute Gasteiger partial charge is 0.455 e. The van der Waals surface area contributed by atoms with Gasteiger partial charge in [0.25, 0.3) is 5.89 Å². The highest BCUT2D eigenvalue weighted by atomic mass is 32.2. The number of hydrogen-bond donors (Lipinski definition) is 0. The summed E-state index contributed by atoms with van der Waals surface area (Å²) >= 11 is 1.53. The molecule has 130 valence electrons. The van der Waals surface area contributed by atoms with Crippen LogP contribution in [-0.2, 0) is 26.2 Å². The van der Waals surface area contributed by atoms with Crippen molar-refractivity contribution in [2.75, 3.05) is 19.3 Å². The van der Waals surface area contributed by atoms with Crippen molar-refractivity contribution in [1.82, 2.24) is 14.4 Å². The van der Waals surface area contributed by atoms with Gasteiger partial charge in [-0.3, -0.25) is 4.79 Å². The third-order valence-electron chi connectivity index (χ3n) is 3.84. The first-order valence-electron chi connectivity index (χ1n) is 7.40. The van der Waals surface area contributed by atoms with Crippen LogP contribution in [0.5, 0.6) is 0 Å². The van der Waals surface area contributed by atoms with Gasteiger partial charge in [0.05, 0.1) is 12.2 Å². The molecule has 2 aromatic rings. The summed E-state index contributed by atoms with van der Waals surface area (Å²) in [6, 6.07) is 1.88. The Hall–Kier alpha value is -1.78. The van der Waals surface area contributed by atoms with Crippen LogP contribution in [0.3, 0.4) is 0 Å². The Balaban J connectivity index is 1.50. The number of carbonyl (C=O) groups is 1. The average molecular weight is 371 g/mol. The van der Waals surface area contributed by atoms with E-state index in [9.17, 15) is 13.2 Å². The van der Waals surface area contributed by atoms with E-state index in [0.29, 0.717) is 31.8 Å². The molecule has 0 saturated carbocycles. The number of piperidine rings is 1. The first kappa shape index (κ1) is 17.1. The van der Waals surface area contributed by atoms with Gasteiger partial charge in [0, 0.05) is 24.0 Å². The fourth-order valence-corrected chi connectivity index (χ4v) is 4.00. The summed E-state index contributed by atoms with van der Waals surface area (Å²) in [6.07, 6.45) is 2.08. The Kier molecular flexibility index (Phi) is 4.97. The normalized spacial score (nSPS) is 17.0. The standard InChI is InChI=1S/C14H17N3O5S2/c1-24(19,20)17-5-2-10(3-6-17)14(18)21-8-12-15-13(16-22-12)11-4-7-23-9-11/h4,7,9-10H,2-3,5-6,8H2,1H3. The number of aromatic nitrogens is 2. The van der Waals surface area contributed by atoms with E-state index in [4.69, 9.17) is 9.26 Å². The second-order valence-electron chi connectivity index (χ2n) is 5.57. The van der Waals surface area contributed by atoms with Crippen LogP contribution in [0.2, 0.25) is 0 Å². The number of hydrogen-bond acceptors (Lipinski definition) is 8. The number of thiophene rings is 1. The molecule has 2 aromatic heterocycles. The lowest BCUT2D eigenvalue weighted by Gasteiger charge is -2.28. The van der Waals surface area contributed by atoms with Crippen molar-refractivity contribution < 1.29 is 22.5 Å². The molecule has 1 aliphatic heterocycles. The van der Waals surface area contributed by atoms with Crippen LogP contribution in [0.15, 0.2) is 21.3 Å². The van der Waals surface area contributed by atoms with Gasteiger partial charge in [-0.2, -0.15) is 16.3 Å². The predicted molar refractivity (Wildman–Crippen MR) is 86.5 cm³/mol. The minimum atomic E-state index is -3.20. The fourth-order valence-electron chi connectivity index (χ4n) is 2.50. The molecule has 0 bridgehead atoms. The molecule has 0 unspecified atom stereocenters. The molecule has 1 fully saturated rings. The first-order valence-corrected chi connectivity index (χ1v) is 10.2. The van der Waals surface area contributed by atoms with Gasteiger partial charge in [-0.15, -0.1) is 0 Å². The van der Waals surface area contributed by atoms with Crippen molar-refractivity contribution in [1.29, 1.82) is 0 Å². The third-order valence-corrected chi connectivity index (χ3v) is 5.83. The lowest BCUT2D eigenvalue weighted by Crippen LogP contribution is -2.40. The van der Waals surface area contributed by atoms with Crippen LogP contribution in [0.4, 0.5) is 0 Å². The number of rotatable bonds is 5. The summed E-state index contributed by atoms with van der Waals surface area (Å²) in [5.41, 5.74) is 0.856. The van der Waals surface area contributed by atoms with Crippen LogP contribution in [0, 0.1) is 5.92 Å². The second-order valence-corrected chi connectivity index (χ2v) is 8.33. The molecule has 0 amide bonds. The first-order chi connectivity index (χ1) is 11.4. The lowest BCUT2D eigenvalue weighted by molar-refractivity contribution is -0.152. The molecule has 1 aliphatic rings. The second kappa shape index (κ2) is 6.99. The zero-order valence-electron chi connectivity index (χ0n) is 13.0. The quantitative estimate of drug-likeness (QED) is 0.734. The van der Waals surface area contributed by atoms with Gasteiger partial charge < -0.3 is 9.26 Å². The maximum Gasteiger partial charge on any atom is 0.309 e. The molecule has 0 aromatic carbocycles. The van der Waals surface area contributed by atoms with E-state index in [2.05, 4.69) is 10.1 Å². The molecule has 10 heteroatoms. The minimum Gasteiger partial charge on any atom is -0.455 e. The van der Waals surface area contributed by atoms with Gasteiger partial charge in [-0.1, -0.05) is 5.16 Å². The van der Waals surface area contributed by atoms with Crippen LogP contribution in [-0.4, -0.2) is 48.2 Å². The van der Waals surface area contributed by atoms with E-state index < -0.39 is 10.0 Å². The minimum absolute atomic E-state index is 0.0811. The number of carbonyl (C=O) groups excluding carboxylic acids is 1. The van der Waals surface area contributed by atoms with Gasteiger partial charge in [0.2, 0.25) is 15.8 Å². The summed E-state index contributed by atoms with van der Waals surface area (Å²) in [4.78, 5) is 16.3. The maximum atomic E-state index is 12.1. The number of esters is 1. The number of nitrogens with zero attached hydrogens (tertiary/aromatic N) is 3. The zero-order valence-corrected chi connectivity index (χ0v) is 14.7. The van der Waals surface area contributed by atoms with E-state index in [0.717, 1.165) is 5.56 Å². The summed E-state index contributed by atoms with van der Waals surface area (Å²) in [6.45, 7) is 0.588. The smallest absolute Gasteiger partial charge is 0.309 e. The van der Waals surface area contributed by atoms with Gasteiger partial charge >= 0.3 is 5.97 Å². The van der Waals surface area contributed by atoms with Crippen molar-refractivity contribution in [3.8, 4) is 11.4 Å². The Labute approximate surface area is 143 Å². The average Bonchev–Trinajstić information content (AvgIpc) is 3.23. The predicted octanol–water partition coefficient (Wildman–Crippen LogP) is 1.51. The molecular formula is C14H17N3O5S2. The van der Waals surface area contributed by atoms with Gasteiger partial charge in [0.15, 0.2) is 6.61 Å². The highest BCUT2D eigenvalue weighted by molar-refractivity contribution is 7.88. The number of sulfonamides is 1. The molecule has 8 nitrogen and oxygen atoms in total. The molecule has 3 heterocycles. The monoisotopic (exact) mass is 371 g/mol. The van der Waals surface area contributed by atoms with E-state index in [1.807, 2.05) is 16.8 Å². The highest BCUT2D eigenvalue weighted by Crippen LogP contribution is 2.22. The zero-order chi connectivity index (χ0) is 17.2. The molecule has 3 rings (SSSR count). The summed E-state index contributed by atoms with van der Waals surface area (Å²) in [5, 5.41) is 7.65. The lowest BCUT2D eigenvalue weighted by atomic mass is 9.98. The van der Waals surface area contributed by atoms with Crippen molar-refractivity contribution >= 4 is 27.3 Å². The van der Waals surface area contributed by atoms with Crippen molar-refractivity contribution in [2.24, 2.45) is 5.92 Å². The molecule has 24 heavy (non-hydrogen) atoms. The molecule has 0 radical (unpaired) electrons. The Morgan fingerprint density at radius 3 is 2.83 bits per heavy atom. The van der Waals surface area contributed by atoms with E-state index >= 15 is 0 Å².